The summed E-state index contributed by atoms with van der Waals surface area (Å²) in [5, 5.41) is 5.99. The SMILES string of the molecule is CCNC(=O)c1ccc(NC(=O)C2CCCN(S(=O)(=O)c3ccc(Cl)cc3)C2)cc1. The molecule has 1 aliphatic heterocycles. The Balaban J connectivity index is 1.65. The van der Waals surface area contributed by atoms with Crippen LogP contribution in [0.3, 0.4) is 0 Å². The standard InChI is InChI=1S/C21H24ClN3O4S/c1-2-23-20(26)15-5-9-18(10-6-15)24-21(27)16-4-3-13-25(14-16)30(28,29)19-11-7-17(22)8-12-19/h5-12,16H,2-4,13-14H2,1H3,(H,23,26)(H,24,27). The monoisotopic (exact) mass is 449 g/mol. The van der Waals surface area contributed by atoms with Crippen LogP contribution in [0.25, 0.3) is 0 Å². The van der Waals surface area contributed by atoms with Crippen molar-refractivity contribution in [3.05, 3.63) is 59.1 Å². The van der Waals surface area contributed by atoms with Crippen molar-refractivity contribution in [2.75, 3.05) is 25.0 Å². The van der Waals surface area contributed by atoms with E-state index in [-0.39, 0.29) is 23.3 Å². The van der Waals surface area contributed by atoms with Gasteiger partial charge in [0.05, 0.1) is 10.8 Å². The van der Waals surface area contributed by atoms with Gasteiger partial charge in [-0.3, -0.25) is 9.59 Å². The van der Waals surface area contributed by atoms with Gasteiger partial charge in [0, 0.05) is 35.9 Å². The summed E-state index contributed by atoms with van der Waals surface area (Å²) in [5.74, 6) is -0.869. The molecular formula is C21H24ClN3O4S. The molecule has 2 aromatic rings. The van der Waals surface area contributed by atoms with Crippen LogP contribution < -0.4 is 10.6 Å². The number of carbonyl (C=O) groups is 2. The first-order valence-electron chi connectivity index (χ1n) is 9.76. The van der Waals surface area contributed by atoms with E-state index in [1.54, 1.807) is 24.3 Å². The molecule has 1 atom stereocenters. The maximum absolute atomic E-state index is 12.9. The Kier molecular flexibility index (Phi) is 7.12. The maximum atomic E-state index is 12.9. The fraction of sp³-hybridized carbons (Fsp3) is 0.333. The molecule has 0 spiro atoms. The highest BCUT2D eigenvalue weighted by atomic mass is 35.5. The molecule has 1 aliphatic rings. The van der Waals surface area contributed by atoms with Crippen molar-refractivity contribution < 1.29 is 18.0 Å². The van der Waals surface area contributed by atoms with Gasteiger partial charge in [-0.05, 0) is 68.3 Å². The van der Waals surface area contributed by atoms with Crippen LogP contribution >= 0.6 is 11.6 Å². The zero-order chi connectivity index (χ0) is 21.7. The molecule has 0 bridgehead atoms. The number of nitrogens with one attached hydrogen (secondary N) is 2. The summed E-state index contributed by atoms with van der Waals surface area (Å²) in [7, 11) is -3.69. The van der Waals surface area contributed by atoms with Crippen LogP contribution in [0.1, 0.15) is 30.1 Å². The van der Waals surface area contributed by atoms with Crippen molar-refractivity contribution in [1.82, 2.24) is 9.62 Å². The second kappa shape index (κ2) is 9.59. The Labute approximate surface area is 181 Å². The number of anilines is 1. The van der Waals surface area contributed by atoms with E-state index in [0.717, 1.165) is 0 Å². The average Bonchev–Trinajstić information content (AvgIpc) is 2.75. The molecule has 2 aromatic carbocycles. The summed E-state index contributed by atoms with van der Waals surface area (Å²) in [6.07, 6.45) is 1.20. The Bertz CT molecular complexity index is 1010. The number of piperidine rings is 1. The minimum atomic E-state index is -3.69. The largest absolute Gasteiger partial charge is 0.352 e. The lowest BCUT2D eigenvalue weighted by atomic mass is 9.98. The minimum absolute atomic E-state index is 0.119. The van der Waals surface area contributed by atoms with Crippen molar-refractivity contribution in [3.63, 3.8) is 0 Å². The number of carbonyl (C=O) groups excluding carboxylic acids is 2. The number of nitrogens with zero attached hydrogens (tertiary/aromatic N) is 1. The van der Waals surface area contributed by atoms with Crippen LogP contribution in [0.2, 0.25) is 5.02 Å². The molecule has 3 rings (SSSR count). The van der Waals surface area contributed by atoms with E-state index in [9.17, 15) is 18.0 Å². The number of amides is 2. The Morgan fingerprint density at radius 1 is 1.10 bits per heavy atom. The summed E-state index contributed by atoms with van der Waals surface area (Å²) >= 11 is 5.85. The highest BCUT2D eigenvalue weighted by molar-refractivity contribution is 7.89. The Hall–Kier alpha value is -2.42. The van der Waals surface area contributed by atoms with Crippen LogP contribution in [0.5, 0.6) is 0 Å². The summed E-state index contributed by atoms with van der Waals surface area (Å²) in [6, 6.07) is 12.6. The predicted octanol–water partition coefficient (Wildman–Crippen LogP) is 3.13. The second-order valence-corrected chi connectivity index (χ2v) is 9.46. The normalized spacial score (nSPS) is 17.3. The molecule has 2 N–H and O–H groups in total. The number of rotatable bonds is 6. The van der Waals surface area contributed by atoms with E-state index in [2.05, 4.69) is 10.6 Å². The highest BCUT2D eigenvalue weighted by Crippen LogP contribution is 2.25. The fourth-order valence-corrected chi connectivity index (χ4v) is 4.99. The van der Waals surface area contributed by atoms with E-state index in [4.69, 9.17) is 11.6 Å². The lowest BCUT2D eigenvalue weighted by Crippen LogP contribution is -2.43. The molecule has 0 aromatic heterocycles. The van der Waals surface area contributed by atoms with E-state index < -0.39 is 15.9 Å². The van der Waals surface area contributed by atoms with Crippen molar-refractivity contribution in [1.29, 1.82) is 0 Å². The number of hydrogen-bond acceptors (Lipinski definition) is 4. The molecule has 1 unspecified atom stereocenters. The van der Waals surface area contributed by atoms with E-state index in [1.807, 2.05) is 6.92 Å². The minimum Gasteiger partial charge on any atom is -0.352 e. The molecule has 1 heterocycles. The lowest BCUT2D eigenvalue weighted by molar-refractivity contribution is -0.120. The number of sulfonamides is 1. The van der Waals surface area contributed by atoms with Gasteiger partial charge in [-0.15, -0.1) is 0 Å². The van der Waals surface area contributed by atoms with Crippen LogP contribution in [-0.4, -0.2) is 44.2 Å². The van der Waals surface area contributed by atoms with Gasteiger partial charge in [-0.1, -0.05) is 11.6 Å². The summed E-state index contributed by atoms with van der Waals surface area (Å²) < 4.78 is 27.1. The third-order valence-electron chi connectivity index (χ3n) is 4.96. The first-order chi connectivity index (χ1) is 14.3. The van der Waals surface area contributed by atoms with Gasteiger partial charge in [0.2, 0.25) is 15.9 Å². The molecule has 160 valence electrons. The van der Waals surface area contributed by atoms with E-state index in [1.165, 1.54) is 28.6 Å². The van der Waals surface area contributed by atoms with Gasteiger partial charge < -0.3 is 10.6 Å². The lowest BCUT2D eigenvalue weighted by Gasteiger charge is -2.31. The van der Waals surface area contributed by atoms with Gasteiger partial charge in [0.1, 0.15) is 0 Å². The molecule has 2 amide bonds. The van der Waals surface area contributed by atoms with Gasteiger partial charge in [0.15, 0.2) is 0 Å². The zero-order valence-corrected chi connectivity index (χ0v) is 18.2. The zero-order valence-electron chi connectivity index (χ0n) is 16.6. The topological polar surface area (TPSA) is 95.6 Å². The smallest absolute Gasteiger partial charge is 0.251 e. The van der Waals surface area contributed by atoms with E-state index in [0.29, 0.717) is 42.2 Å². The van der Waals surface area contributed by atoms with Crippen molar-refractivity contribution in [2.45, 2.75) is 24.7 Å². The van der Waals surface area contributed by atoms with Crippen LogP contribution in [0.15, 0.2) is 53.4 Å². The summed E-state index contributed by atoms with van der Waals surface area (Å²) in [4.78, 5) is 24.7. The molecule has 9 heteroatoms. The fourth-order valence-electron chi connectivity index (χ4n) is 3.34. The van der Waals surface area contributed by atoms with Crippen LogP contribution in [0, 0.1) is 5.92 Å². The quantitative estimate of drug-likeness (QED) is 0.708. The van der Waals surface area contributed by atoms with Gasteiger partial charge in [-0.25, -0.2) is 8.42 Å². The third kappa shape index (κ3) is 5.19. The maximum Gasteiger partial charge on any atom is 0.251 e. The molecule has 7 nitrogen and oxygen atoms in total. The Morgan fingerprint density at radius 2 is 1.77 bits per heavy atom. The second-order valence-electron chi connectivity index (χ2n) is 7.08. The van der Waals surface area contributed by atoms with Crippen molar-refractivity contribution >= 4 is 39.1 Å². The van der Waals surface area contributed by atoms with Crippen molar-refractivity contribution in [3.8, 4) is 0 Å². The molecule has 0 aliphatic carbocycles. The number of benzene rings is 2. The predicted molar refractivity (Wildman–Crippen MR) is 116 cm³/mol. The van der Waals surface area contributed by atoms with E-state index >= 15 is 0 Å². The first kappa shape index (κ1) is 22.3. The Morgan fingerprint density at radius 3 is 2.40 bits per heavy atom. The molecular weight excluding hydrogens is 426 g/mol. The molecule has 0 saturated carbocycles. The third-order valence-corrected chi connectivity index (χ3v) is 7.09. The van der Waals surface area contributed by atoms with Crippen molar-refractivity contribution in [2.24, 2.45) is 5.92 Å². The van der Waals surface area contributed by atoms with Crippen LogP contribution in [0.4, 0.5) is 5.69 Å². The summed E-state index contributed by atoms with van der Waals surface area (Å²) in [6.45, 7) is 2.87. The van der Waals surface area contributed by atoms with Gasteiger partial charge in [-0.2, -0.15) is 4.31 Å². The van der Waals surface area contributed by atoms with Gasteiger partial charge >= 0.3 is 0 Å². The average molecular weight is 450 g/mol. The molecule has 30 heavy (non-hydrogen) atoms. The molecule has 1 saturated heterocycles. The first-order valence-corrected chi connectivity index (χ1v) is 11.6. The van der Waals surface area contributed by atoms with Gasteiger partial charge in [0.25, 0.3) is 5.91 Å². The summed E-state index contributed by atoms with van der Waals surface area (Å²) in [5.41, 5.74) is 1.07. The molecule has 0 radical (unpaired) electrons. The molecule has 1 fully saturated rings. The number of hydrogen-bond donors (Lipinski definition) is 2. The van der Waals surface area contributed by atoms with Crippen LogP contribution in [-0.2, 0) is 14.8 Å². The number of halogens is 1. The highest BCUT2D eigenvalue weighted by Gasteiger charge is 2.33.